The van der Waals surface area contributed by atoms with Gasteiger partial charge in [0.25, 0.3) is 5.91 Å². The first-order valence-corrected chi connectivity index (χ1v) is 10.9. The second kappa shape index (κ2) is 9.36. The molecule has 0 saturated carbocycles. The summed E-state index contributed by atoms with van der Waals surface area (Å²) in [5.41, 5.74) is 7.68. The Morgan fingerprint density at radius 3 is 2.69 bits per heavy atom. The van der Waals surface area contributed by atoms with Crippen LogP contribution in [0.25, 0.3) is 0 Å². The number of nitrogens with one attached hydrogen (secondary N) is 2. The van der Waals surface area contributed by atoms with E-state index < -0.39 is 5.91 Å². The number of anilines is 2. The van der Waals surface area contributed by atoms with Crippen molar-refractivity contribution in [1.82, 2.24) is 9.78 Å². The molecule has 0 atom stereocenters. The van der Waals surface area contributed by atoms with Gasteiger partial charge in [-0.05, 0) is 50.4 Å². The summed E-state index contributed by atoms with van der Waals surface area (Å²) in [5.74, 6) is -0.948. The predicted octanol–water partition coefficient (Wildman–Crippen LogP) is 3.23. The van der Waals surface area contributed by atoms with Gasteiger partial charge in [0, 0.05) is 11.9 Å². The number of fused-ring (bicyclic) bond motifs is 1. The molecule has 4 N–H and O–H groups in total. The number of rotatable bonds is 5. The number of hydrogen-bond acceptors (Lipinski definition) is 6. The molecule has 0 aliphatic heterocycles. The summed E-state index contributed by atoms with van der Waals surface area (Å²) >= 11 is 6.96. The van der Waals surface area contributed by atoms with Crippen LogP contribution in [0.4, 0.5) is 10.7 Å². The Labute approximate surface area is 178 Å². The number of aryl methyl sites for hydroxylation is 2. The third-order valence-electron chi connectivity index (χ3n) is 4.80. The smallest absolute Gasteiger partial charge is 0.341 e. The van der Waals surface area contributed by atoms with Gasteiger partial charge in [0.05, 0.1) is 24.1 Å². The van der Waals surface area contributed by atoms with Crippen molar-refractivity contribution < 1.29 is 14.3 Å². The molecule has 0 fully saturated rings. The zero-order chi connectivity index (χ0) is 21.0. The second-order valence-electron chi connectivity index (χ2n) is 6.82. The molecule has 2 heterocycles. The van der Waals surface area contributed by atoms with Gasteiger partial charge in [-0.1, -0.05) is 12.8 Å². The maximum atomic E-state index is 12.7. The van der Waals surface area contributed by atoms with E-state index >= 15 is 0 Å². The average Bonchev–Trinajstić information content (AvgIpc) is 3.15. The van der Waals surface area contributed by atoms with Crippen molar-refractivity contribution >= 4 is 51.2 Å². The third-order valence-corrected chi connectivity index (χ3v) is 6.21. The Balaban J connectivity index is 1.87. The van der Waals surface area contributed by atoms with Gasteiger partial charge in [-0.25, -0.2) is 4.79 Å². The molecule has 156 valence electrons. The Kier molecular flexibility index (Phi) is 6.86. The lowest BCUT2D eigenvalue weighted by molar-refractivity contribution is 0.0526. The van der Waals surface area contributed by atoms with Gasteiger partial charge in [-0.2, -0.15) is 5.10 Å². The van der Waals surface area contributed by atoms with Crippen LogP contribution in [-0.4, -0.2) is 33.4 Å². The van der Waals surface area contributed by atoms with Gasteiger partial charge in [-0.15, -0.1) is 11.3 Å². The number of carbonyl (C=O) groups is 2. The molecule has 0 aromatic carbocycles. The Hall–Kier alpha value is -2.46. The first-order chi connectivity index (χ1) is 13.9. The van der Waals surface area contributed by atoms with Crippen LogP contribution in [-0.2, 0) is 24.6 Å². The first-order valence-electron chi connectivity index (χ1n) is 9.63. The van der Waals surface area contributed by atoms with Gasteiger partial charge < -0.3 is 21.1 Å². The van der Waals surface area contributed by atoms with Crippen LogP contribution in [0, 0.1) is 0 Å². The SMILES string of the molecule is CCOC(=O)c1c(NC(=S)Nc2cnn(C)c2C(N)=O)sc2c1CCCCCC2. The lowest BCUT2D eigenvalue weighted by Gasteiger charge is -2.12. The fourth-order valence-electron chi connectivity index (χ4n) is 3.50. The van der Waals surface area contributed by atoms with Gasteiger partial charge in [-0.3, -0.25) is 9.48 Å². The largest absolute Gasteiger partial charge is 0.462 e. The molecule has 0 unspecified atom stereocenters. The fraction of sp³-hybridized carbons (Fsp3) is 0.474. The molecule has 0 radical (unpaired) electrons. The predicted molar refractivity (Wildman–Crippen MR) is 118 cm³/mol. The van der Waals surface area contributed by atoms with E-state index in [0.29, 0.717) is 22.9 Å². The number of ether oxygens (including phenoxy) is 1. The molecule has 1 aliphatic rings. The van der Waals surface area contributed by atoms with Crippen molar-refractivity contribution in [2.45, 2.75) is 45.4 Å². The fourth-order valence-corrected chi connectivity index (χ4v) is 5.06. The summed E-state index contributed by atoms with van der Waals surface area (Å²) in [4.78, 5) is 25.6. The van der Waals surface area contributed by atoms with Gasteiger partial charge >= 0.3 is 5.97 Å². The van der Waals surface area contributed by atoms with Crippen molar-refractivity contribution in [3.63, 3.8) is 0 Å². The number of aromatic nitrogens is 2. The van der Waals surface area contributed by atoms with Crippen LogP contribution in [0.15, 0.2) is 6.20 Å². The van der Waals surface area contributed by atoms with E-state index in [4.69, 9.17) is 22.7 Å². The van der Waals surface area contributed by atoms with E-state index in [1.54, 1.807) is 25.3 Å². The van der Waals surface area contributed by atoms with Crippen molar-refractivity contribution in [2.24, 2.45) is 12.8 Å². The van der Waals surface area contributed by atoms with Crippen molar-refractivity contribution in [3.8, 4) is 0 Å². The molecule has 3 rings (SSSR count). The minimum absolute atomic E-state index is 0.221. The number of thiophene rings is 1. The van der Waals surface area contributed by atoms with Crippen LogP contribution < -0.4 is 16.4 Å². The number of amides is 1. The molecular formula is C19H25N5O3S2. The monoisotopic (exact) mass is 435 g/mol. The highest BCUT2D eigenvalue weighted by molar-refractivity contribution is 7.80. The van der Waals surface area contributed by atoms with Gasteiger partial charge in [0.1, 0.15) is 10.7 Å². The summed E-state index contributed by atoms with van der Waals surface area (Å²) in [6, 6.07) is 0. The summed E-state index contributed by atoms with van der Waals surface area (Å²) in [7, 11) is 1.62. The van der Waals surface area contributed by atoms with E-state index in [-0.39, 0.29) is 16.8 Å². The Morgan fingerprint density at radius 1 is 1.28 bits per heavy atom. The maximum absolute atomic E-state index is 12.7. The van der Waals surface area contributed by atoms with E-state index in [9.17, 15) is 9.59 Å². The lowest BCUT2D eigenvalue weighted by Crippen LogP contribution is -2.23. The highest BCUT2D eigenvalue weighted by Crippen LogP contribution is 2.37. The minimum atomic E-state index is -0.610. The normalized spacial score (nSPS) is 13.7. The van der Waals surface area contributed by atoms with Crippen molar-refractivity contribution in [3.05, 3.63) is 27.9 Å². The molecule has 2 aromatic rings. The summed E-state index contributed by atoms with van der Waals surface area (Å²) in [6.45, 7) is 2.10. The Bertz CT molecular complexity index is 935. The van der Waals surface area contributed by atoms with Crippen LogP contribution in [0.3, 0.4) is 0 Å². The van der Waals surface area contributed by atoms with Crippen LogP contribution in [0.5, 0.6) is 0 Å². The molecule has 1 amide bonds. The first kappa shape index (κ1) is 21.3. The number of esters is 1. The molecule has 0 bridgehead atoms. The standard InChI is InChI=1S/C19H25N5O3S2/c1-3-27-18(26)14-11-8-6-4-5-7-9-13(11)29-17(14)23-19(28)22-12-10-21-24(2)15(12)16(20)25/h10H,3-9H2,1-2H3,(H2,20,25)(H2,22,23,28). The highest BCUT2D eigenvalue weighted by Gasteiger charge is 2.26. The van der Waals surface area contributed by atoms with Gasteiger partial charge in [0.2, 0.25) is 0 Å². The maximum Gasteiger partial charge on any atom is 0.341 e. The summed E-state index contributed by atoms with van der Waals surface area (Å²) in [5, 5.41) is 11.0. The molecule has 0 saturated heterocycles. The van der Waals surface area contributed by atoms with E-state index in [1.807, 2.05) is 0 Å². The minimum Gasteiger partial charge on any atom is -0.462 e. The van der Waals surface area contributed by atoms with Crippen LogP contribution in [0.1, 0.15) is 63.9 Å². The zero-order valence-corrected chi connectivity index (χ0v) is 18.2. The van der Waals surface area contributed by atoms with E-state index in [1.165, 1.54) is 22.2 Å². The highest BCUT2D eigenvalue weighted by atomic mass is 32.1. The van der Waals surface area contributed by atoms with Gasteiger partial charge in [0.15, 0.2) is 5.11 Å². The summed E-state index contributed by atoms with van der Waals surface area (Å²) < 4.78 is 6.69. The van der Waals surface area contributed by atoms with E-state index in [0.717, 1.165) is 37.7 Å². The quantitative estimate of drug-likeness (QED) is 0.488. The number of primary amides is 1. The number of hydrogen-bond donors (Lipinski definition) is 3. The van der Waals surface area contributed by atoms with Crippen LogP contribution >= 0.6 is 23.6 Å². The number of nitrogens with two attached hydrogens (primary N) is 1. The van der Waals surface area contributed by atoms with E-state index in [2.05, 4.69) is 15.7 Å². The molecule has 2 aromatic heterocycles. The average molecular weight is 436 g/mol. The number of thiocarbonyl (C=S) groups is 1. The zero-order valence-electron chi connectivity index (χ0n) is 16.5. The molecule has 8 nitrogen and oxygen atoms in total. The molecule has 0 spiro atoms. The molecule has 10 heteroatoms. The van der Waals surface area contributed by atoms with Crippen molar-refractivity contribution in [2.75, 3.05) is 17.2 Å². The Morgan fingerprint density at radius 2 is 2.00 bits per heavy atom. The summed E-state index contributed by atoms with van der Waals surface area (Å²) in [6.07, 6.45) is 7.81. The molecular weight excluding hydrogens is 410 g/mol. The second-order valence-corrected chi connectivity index (χ2v) is 8.33. The molecule has 1 aliphatic carbocycles. The topological polar surface area (TPSA) is 111 Å². The lowest BCUT2D eigenvalue weighted by atomic mass is 9.96. The van der Waals surface area contributed by atoms with Crippen molar-refractivity contribution in [1.29, 1.82) is 0 Å². The molecule has 29 heavy (non-hydrogen) atoms. The number of carbonyl (C=O) groups excluding carboxylic acids is 2. The van der Waals surface area contributed by atoms with Crippen LogP contribution in [0.2, 0.25) is 0 Å². The third kappa shape index (κ3) is 4.76. The number of nitrogens with zero attached hydrogens (tertiary/aromatic N) is 2.